The monoisotopic (exact) mass is 354 g/mol. The third-order valence-corrected chi connectivity index (χ3v) is 4.02. The van der Waals surface area contributed by atoms with E-state index in [0.717, 1.165) is 36.1 Å². The summed E-state index contributed by atoms with van der Waals surface area (Å²) in [4.78, 5) is 17.3. The summed E-state index contributed by atoms with van der Waals surface area (Å²) in [5, 5.41) is 5.31. The Labute approximate surface area is 134 Å². The zero-order valence-corrected chi connectivity index (χ0v) is 14.4. The Morgan fingerprint density at radius 2 is 1.81 bits per heavy atom. The van der Waals surface area contributed by atoms with E-state index in [1.165, 1.54) is 0 Å². The van der Waals surface area contributed by atoms with Crippen molar-refractivity contribution in [3.8, 4) is 0 Å². The molecule has 21 heavy (non-hydrogen) atoms. The van der Waals surface area contributed by atoms with Crippen molar-refractivity contribution < 1.29 is 9.63 Å². The van der Waals surface area contributed by atoms with Gasteiger partial charge in [-0.15, -0.1) is 5.06 Å². The van der Waals surface area contributed by atoms with Crippen molar-refractivity contribution in [2.75, 3.05) is 18.4 Å². The zero-order valence-electron chi connectivity index (χ0n) is 12.9. The molecule has 0 aliphatic carbocycles. The Balaban J connectivity index is 1.78. The lowest BCUT2D eigenvalue weighted by molar-refractivity contribution is -0.204. The van der Waals surface area contributed by atoms with Crippen molar-refractivity contribution in [2.24, 2.45) is 5.41 Å². The van der Waals surface area contributed by atoms with Gasteiger partial charge in [0.05, 0.1) is 5.41 Å². The molecular formula is C16H23BrN2O2. The molecule has 5 heteroatoms. The van der Waals surface area contributed by atoms with E-state index >= 15 is 0 Å². The van der Waals surface area contributed by atoms with Crippen LogP contribution in [0.2, 0.25) is 0 Å². The average molecular weight is 355 g/mol. The summed E-state index contributed by atoms with van der Waals surface area (Å²) < 4.78 is 1.08. The van der Waals surface area contributed by atoms with Crippen LogP contribution < -0.4 is 5.32 Å². The molecule has 0 unspecified atom stereocenters. The minimum Gasteiger partial charge on any atom is -0.382 e. The average Bonchev–Trinajstić information content (AvgIpc) is 2.42. The van der Waals surface area contributed by atoms with E-state index in [9.17, 15) is 4.79 Å². The van der Waals surface area contributed by atoms with Crippen LogP contribution in [-0.4, -0.2) is 30.2 Å². The number of carbonyl (C=O) groups is 1. The molecule has 2 rings (SSSR count). The number of hydroxylamine groups is 2. The van der Waals surface area contributed by atoms with E-state index in [-0.39, 0.29) is 5.97 Å². The largest absolute Gasteiger partial charge is 0.382 e. The molecule has 0 aromatic heterocycles. The lowest BCUT2D eigenvalue weighted by Gasteiger charge is -2.32. The van der Waals surface area contributed by atoms with Crippen molar-refractivity contribution in [1.29, 1.82) is 0 Å². The predicted octanol–water partition coefficient (Wildman–Crippen LogP) is 3.83. The number of piperidine rings is 1. The summed E-state index contributed by atoms with van der Waals surface area (Å²) in [7, 11) is 0. The van der Waals surface area contributed by atoms with E-state index in [0.29, 0.717) is 6.04 Å². The fourth-order valence-corrected chi connectivity index (χ4v) is 2.39. The summed E-state index contributed by atoms with van der Waals surface area (Å²) in [5.74, 6) is -0.165. The lowest BCUT2D eigenvalue weighted by Crippen LogP contribution is -2.42. The third kappa shape index (κ3) is 5.00. The summed E-state index contributed by atoms with van der Waals surface area (Å²) in [6.07, 6.45) is 1.93. The summed E-state index contributed by atoms with van der Waals surface area (Å²) in [5.41, 5.74) is 0.676. The molecule has 1 saturated heterocycles. The van der Waals surface area contributed by atoms with Gasteiger partial charge in [-0.05, 0) is 57.9 Å². The SMILES string of the molecule is CC(C)(C)C(=O)ON1CCC(Nc2ccc(Br)cc2)CC1. The first-order valence-corrected chi connectivity index (χ1v) is 8.13. The number of anilines is 1. The van der Waals surface area contributed by atoms with Crippen molar-refractivity contribution >= 4 is 27.6 Å². The fourth-order valence-electron chi connectivity index (χ4n) is 2.13. The van der Waals surface area contributed by atoms with Gasteiger partial charge in [0.25, 0.3) is 0 Å². The van der Waals surface area contributed by atoms with Gasteiger partial charge in [0, 0.05) is 29.3 Å². The molecular weight excluding hydrogens is 332 g/mol. The predicted molar refractivity (Wildman–Crippen MR) is 87.9 cm³/mol. The first-order valence-electron chi connectivity index (χ1n) is 7.34. The highest BCUT2D eigenvalue weighted by atomic mass is 79.9. The van der Waals surface area contributed by atoms with Gasteiger partial charge in [0.15, 0.2) is 0 Å². The van der Waals surface area contributed by atoms with Crippen LogP contribution >= 0.6 is 15.9 Å². The first-order chi connectivity index (χ1) is 9.84. The minimum atomic E-state index is -0.452. The number of hydrogen-bond donors (Lipinski definition) is 1. The molecule has 0 saturated carbocycles. The van der Waals surface area contributed by atoms with Crippen LogP contribution in [0.4, 0.5) is 5.69 Å². The molecule has 1 aliphatic heterocycles. The molecule has 1 aliphatic rings. The molecule has 1 N–H and O–H groups in total. The molecule has 0 atom stereocenters. The molecule has 0 bridgehead atoms. The Kier molecular flexibility index (Phi) is 5.27. The molecule has 0 spiro atoms. The Morgan fingerprint density at radius 3 is 2.33 bits per heavy atom. The molecule has 1 aromatic carbocycles. The van der Waals surface area contributed by atoms with Crippen LogP contribution in [0.5, 0.6) is 0 Å². The van der Waals surface area contributed by atoms with Gasteiger partial charge >= 0.3 is 5.97 Å². The van der Waals surface area contributed by atoms with E-state index < -0.39 is 5.41 Å². The smallest absolute Gasteiger partial charge is 0.330 e. The van der Waals surface area contributed by atoms with Crippen LogP contribution in [0.3, 0.4) is 0 Å². The van der Waals surface area contributed by atoms with Gasteiger partial charge in [-0.3, -0.25) is 0 Å². The van der Waals surface area contributed by atoms with Crippen LogP contribution in [0.1, 0.15) is 33.6 Å². The fraction of sp³-hybridized carbons (Fsp3) is 0.562. The zero-order chi connectivity index (χ0) is 15.5. The number of hydrogen-bond acceptors (Lipinski definition) is 4. The Bertz CT molecular complexity index is 474. The van der Waals surface area contributed by atoms with E-state index in [4.69, 9.17) is 4.84 Å². The summed E-state index contributed by atoms with van der Waals surface area (Å²) >= 11 is 3.43. The van der Waals surface area contributed by atoms with Gasteiger partial charge < -0.3 is 10.2 Å². The third-order valence-electron chi connectivity index (χ3n) is 3.49. The van der Waals surface area contributed by atoms with E-state index in [2.05, 4.69) is 33.4 Å². The second-order valence-electron chi connectivity index (χ2n) is 6.48. The number of rotatable bonds is 3. The molecule has 0 amide bonds. The Hall–Kier alpha value is -1.07. The standard InChI is InChI=1S/C16H23BrN2O2/c1-16(2,3)15(20)21-19-10-8-14(9-11-19)18-13-6-4-12(17)5-7-13/h4-7,14,18H,8-11H2,1-3H3. The topological polar surface area (TPSA) is 41.6 Å². The molecule has 116 valence electrons. The molecule has 1 heterocycles. The van der Waals surface area contributed by atoms with Crippen molar-refractivity contribution in [2.45, 2.75) is 39.7 Å². The molecule has 0 radical (unpaired) electrons. The van der Waals surface area contributed by atoms with Crippen molar-refractivity contribution in [3.63, 3.8) is 0 Å². The van der Waals surface area contributed by atoms with Crippen LogP contribution in [0.25, 0.3) is 0 Å². The van der Waals surface area contributed by atoms with Gasteiger partial charge in [0.1, 0.15) is 0 Å². The summed E-state index contributed by atoms with van der Waals surface area (Å²) in [6, 6.07) is 8.62. The quantitative estimate of drug-likeness (QED) is 0.895. The van der Waals surface area contributed by atoms with Gasteiger partial charge in [-0.25, -0.2) is 4.79 Å². The number of carbonyl (C=O) groups excluding carboxylic acids is 1. The number of nitrogens with one attached hydrogen (secondary N) is 1. The second kappa shape index (κ2) is 6.79. The maximum atomic E-state index is 11.9. The highest BCUT2D eigenvalue weighted by Crippen LogP contribution is 2.21. The van der Waals surface area contributed by atoms with Gasteiger partial charge in [-0.1, -0.05) is 15.9 Å². The van der Waals surface area contributed by atoms with Crippen LogP contribution in [0, 0.1) is 5.41 Å². The first kappa shape index (κ1) is 16.3. The minimum absolute atomic E-state index is 0.165. The molecule has 1 aromatic rings. The van der Waals surface area contributed by atoms with Crippen molar-refractivity contribution in [3.05, 3.63) is 28.7 Å². The maximum absolute atomic E-state index is 11.9. The highest BCUT2D eigenvalue weighted by Gasteiger charge is 2.28. The Morgan fingerprint density at radius 1 is 1.24 bits per heavy atom. The van der Waals surface area contributed by atoms with Gasteiger partial charge in [-0.2, -0.15) is 0 Å². The van der Waals surface area contributed by atoms with E-state index in [1.807, 2.05) is 32.9 Å². The maximum Gasteiger partial charge on any atom is 0.330 e. The number of nitrogens with zero attached hydrogens (tertiary/aromatic N) is 1. The number of benzene rings is 1. The number of halogens is 1. The molecule has 4 nitrogen and oxygen atoms in total. The second-order valence-corrected chi connectivity index (χ2v) is 7.40. The van der Waals surface area contributed by atoms with Crippen LogP contribution in [0.15, 0.2) is 28.7 Å². The highest BCUT2D eigenvalue weighted by molar-refractivity contribution is 9.10. The van der Waals surface area contributed by atoms with E-state index in [1.54, 1.807) is 5.06 Å². The van der Waals surface area contributed by atoms with Gasteiger partial charge in [0.2, 0.25) is 0 Å². The summed E-state index contributed by atoms with van der Waals surface area (Å²) in [6.45, 7) is 7.16. The van der Waals surface area contributed by atoms with Crippen LogP contribution in [-0.2, 0) is 9.63 Å². The van der Waals surface area contributed by atoms with Crippen molar-refractivity contribution in [1.82, 2.24) is 5.06 Å². The molecule has 1 fully saturated rings. The normalized spacial score (nSPS) is 17.5. The lowest BCUT2D eigenvalue weighted by atomic mass is 9.98.